The van der Waals surface area contributed by atoms with Crippen molar-refractivity contribution in [2.24, 2.45) is 0 Å². The zero-order chi connectivity index (χ0) is 11.2. The molecule has 2 aromatic heterocycles. The van der Waals surface area contributed by atoms with Crippen LogP contribution < -0.4 is 5.32 Å². The molecule has 16 heavy (non-hydrogen) atoms. The van der Waals surface area contributed by atoms with Crippen molar-refractivity contribution in [2.75, 3.05) is 11.9 Å². The fraction of sp³-hybridized carbons (Fsp3) is 0.167. The summed E-state index contributed by atoms with van der Waals surface area (Å²) in [5, 5.41) is 14.1. The van der Waals surface area contributed by atoms with Crippen LogP contribution in [0.25, 0.3) is 0 Å². The lowest BCUT2D eigenvalue weighted by Gasteiger charge is -2.05. The molecule has 0 aromatic carbocycles. The highest BCUT2D eigenvalue weighted by Gasteiger charge is 2.01. The summed E-state index contributed by atoms with van der Waals surface area (Å²) >= 11 is 1.75. The molecule has 0 unspecified atom stereocenters. The fourth-order valence-corrected chi connectivity index (χ4v) is 2.12. The van der Waals surface area contributed by atoms with E-state index in [1.165, 1.54) is 4.88 Å². The molecule has 0 aliphatic rings. The summed E-state index contributed by atoms with van der Waals surface area (Å²) in [7, 11) is 0. The number of nitriles is 1. The van der Waals surface area contributed by atoms with Gasteiger partial charge in [0.05, 0.1) is 5.69 Å². The molecular weight excluding hydrogens is 218 g/mol. The predicted molar refractivity (Wildman–Crippen MR) is 65.5 cm³/mol. The first-order valence-corrected chi connectivity index (χ1v) is 5.89. The Balaban J connectivity index is 1.93. The Bertz CT molecular complexity index is 485. The van der Waals surface area contributed by atoms with Gasteiger partial charge in [-0.15, -0.1) is 11.3 Å². The molecule has 0 saturated heterocycles. The lowest BCUT2D eigenvalue weighted by Crippen LogP contribution is -2.05. The van der Waals surface area contributed by atoms with Gasteiger partial charge in [0.1, 0.15) is 6.07 Å². The van der Waals surface area contributed by atoms with E-state index in [4.69, 9.17) is 5.26 Å². The van der Waals surface area contributed by atoms with Crippen LogP contribution in [0.15, 0.2) is 35.8 Å². The van der Waals surface area contributed by atoms with E-state index in [0.29, 0.717) is 5.69 Å². The first-order chi connectivity index (χ1) is 7.90. The highest BCUT2D eigenvalue weighted by molar-refractivity contribution is 7.09. The van der Waals surface area contributed by atoms with Crippen LogP contribution >= 0.6 is 11.3 Å². The van der Waals surface area contributed by atoms with Gasteiger partial charge in [0, 0.05) is 17.6 Å². The van der Waals surface area contributed by atoms with Gasteiger partial charge in [-0.1, -0.05) is 6.07 Å². The summed E-state index contributed by atoms with van der Waals surface area (Å²) in [6.07, 6.45) is 2.60. The van der Waals surface area contributed by atoms with Crippen molar-refractivity contribution in [3.05, 3.63) is 46.4 Å². The Morgan fingerprint density at radius 1 is 1.38 bits per heavy atom. The number of hydrogen-bond acceptors (Lipinski definition) is 4. The largest absolute Gasteiger partial charge is 0.382 e. The molecule has 2 heterocycles. The van der Waals surface area contributed by atoms with Gasteiger partial charge in [-0.05, 0) is 30.0 Å². The van der Waals surface area contributed by atoms with E-state index in [-0.39, 0.29) is 0 Å². The number of nitrogens with zero attached hydrogens (tertiary/aromatic N) is 2. The van der Waals surface area contributed by atoms with Crippen LogP contribution in [0.5, 0.6) is 0 Å². The lowest BCUT2D eigenvalue weighted by atomic mass is 10.3. The van der Waals surface area contributed by atoms with Gasteiger partial charge in [-0.2, -0.15) is 5.26 Å². The third kappa shape index (κ3) is 2.59. The van der Waals surface area contributed by atoms with Crippen LogP contribution in [0, 0.1) is 11.3 Å². The Morgan fingerprint density at radius 3 is 3.06 bits per heavy atom. The van der Waals surface area contributed by atoms with Crippen molar-refractivity contribution < 1.29 is 0 Å². The highest BCUT2D eigenvalue weighted by atomic mass is 32.1. The molecule has 0 saturated carbocycles. The van der Waals surface area contributed by atoms with E-state index in [1.807, 2.05) is 18.2 Å². The maximum atomic E-state index is 8.85. The Kier molecular flexibility index (Phi) is 3.52. The van der Waals surface area contributed by atoms with E-state index in [9.17, 15) is 0 Å². The van der Waals surface area contributed by atoms with Crippen LogP contribution in [0.4, 0.5) is 5.69 Å². The summed E-state index contributed by atoms with van der Waals surface area (Å²) in [6, 6.07) is 9.93. The minimum atomic E-state index is 0.452. The average Bonchev–Trinajstić information content (AvgIpc) is 2.83. The number of thiophene rings is 1. The summed E-state index contributed by atoms with van der Waals surface area (Å²) in [4.78, 5) is 5.33. The van der Waals surface area contributed by atoms with Gasteiger partial charge in [0.2, 0.25) is 0 Å². The average molecular weight is 229 g/mol. The zero-order valence-corrected chi connectivity index (χ0v) is 9.50. The molecule has 1 N–H and O–H groups in total. The fourth-order valence-electron chi connectivity index (χ4n) is 1.41. The SMILES string of the molecule is N#Cc1ncccc1NCCc1cccs1. The maximum Gasteiger partial charge on any atom is 0.163 e. The molecule has 0 atom stereocenters. The highest BCUT2D eigenvalue weighted by Crippen LogP contribution is 2.12. The Labute approximate surface area is 98.4 Å². The molecule has 0 aliphatic heterocycles. The van der Waals surface area contributed by atoms with Gasteiger partial charge in [-0.25, -0.2) is 4.98 Å². The second kappa shape index (κ2) is 5.29. The number of aromatic nitrogens is 1. The van der Waals surface area contributed by atoms with Gasteiger partial charge in [0.15, 0.2) is 5.69 Å². The third-order valence-corrected chi connectivity index (χ3v) is 3.12. The molecule has 0 aliphatic carbocycles. The van der Waals surface area contributed by atoms with Crippen molar-refractivity contribution in [1.82, 2.24) is 4.98 Å². The molecule has 0 radical (unpaired) electrons. The summed E-state index contributed by atoms with van der Waals surface area (Å²) in [5.41, 5.74) is 1.26. The first kappa shape index (κ1) is 10.7. The number of anilines is 1. The third-order valence-electron chi connectivity index (χ3n) is 2.18. The van der Waals surface area contributed by atoms with Crippen LogP contribution in [-0.2, 0) is 6.42 Å². The van der Waals surface area contributed by atoms with E-state index in [1.54, 1.807) is 17.5 Å². The van der Waals surface area contributed by atoms with Crippen LogP contribution in [0.2, 0.25) is 0 Å². The van der Waals surface area contributed by atoms with Crippen LogP contribution in [-0.4, -0.2) is 11.5 Å². The van der Waals surface area contributed by atoms with Gasteiger partial charge >= 0.3 is 0 Å². The second-order valence-corrected chi connectivity index (χ2v) is 4.30. The van der Waals surface area contributed by atoms with E-state index in [2.05, 4.69) is 27.8 Å². The van der Waals surface area contributed by atoms with Crippen molar-refractivity contribution in [2.45, 2.75) is 6.42 Å². The minimum absolute atomic E-state index is 0.452. The molecule has 0 spiro atoms. The predicted octanol–water partition coefficient (Wildman–Crippen LogP) is 2.67. The quantitative estimate of drug-likeness (QED) is 0.876. The maximum absolute atomic E-state index is 8.85. The van der Waals surface area contributed by atoms with Gasteiger partial charge in [0.25, 0.3) is 0 Å². The first-order valence-electron chi connectivity index (χ1n) is 5.01. The summed E-state index contributed by atoms with van der Waals surface area (Å²) in [5.74, 6) is 0. The zero-order valence-electron chi connectivity index (χ0n) is 8.68. The molecule has 4 heteroatoms. The summed E-state index contributed by atoms with van der Waals surface area (Å²) in [6.45, 7) is 0.820. The molecule has 80 valence electrons. The number of pyridine rings is 1. The molecule has 2 rings (SSSR count). The Morgan fingerprint density at radius 2 is 2.31 bits per heavy atom. The molecule has 0 amide bonds. The van der Waals surface area contributed by atoms with Crippen LogP contribution in [0.3, 0.4) is 0 Å². The smallest absolute Gasteiger partial charge is 0.163 e. The topological polar surface area (TPSA) is 48.7 Å². The second-order valence-electron chi connectivity index (χ2n) is 3.27. The number of nitrogens with one attached hydrogen (secondary N) is 1. The van der Waals surface area contributed by atoms with E-state index < -0.39 is 0 Å². The summed E-state index contributed by atoms with van der Waals surface area (Å²) < 4.78 is 0. The molecule has 2 aromatic rings. The van der Waals surface area contributed by atoms with E-state index >= 15 is 0 Å². The minimum Gasteiger partial charge on any atom is -0.382 e. The van der Waals surface area contributed by atoms with Gasteiger partial charge < -0.3 is 5.32 Å². The Hall–Kier alpha value is -1.86. The molecule has 0 bridgehead atoms. The monoisotopic (exact) mass is 229 g/mol. The number of hydrogen-bond donors (Lipinski definition) is 1. The molecule has 0 fully saturated rings. The van der Waals surface area contributed by atoms with Crippen molar-refractivity contribution >= 4 is 17.0 Å². The molecule has 3 nitrogen and oxygen atoms in total. The normalized spacial score (nSPS) is 9.69. The van der Waals surface area contributed by atoms with Crippen LogP contribution in [0.1, 0.15) is 10.6 Å². The van der Waals surface area contributed by atoms with Crippen molar-refractivity contribution in [3.8, 4) is 6.07 Å². The molecular formula is C12H11N3S. The van der Waals surface area contributed by atoms with Crippen molar-refractivity contribution in [3.63, 3.8) is 0 Å². The van der Waals surface area contributed by atoms with Crippen molar-refractivity contribution in [1.29, 1.82) is 5.26 Å². The van der Waals surface area contributed by atoms with E-state index in [0.717, 1.165) is 18.7 Å². The standard InChI is InChI=1S/C12H11N3S/c13-9-12-11(4-1-6-14-12)15-7-5-10-3-2-8-16-10/h1-4,6,8,15H,5,7H2. The number of rotatable bonds is 4. The van der Waals surface area contributed by atoms with Gasteiger partial charge in [-0.3, -0.25) is 0 Å². The lowest BCUT2D eigenvalue weighted by molar-refractivity contribution is 1.04.